The van der Waals surface area contributed by atoms with Crippen LogP contribution >= 0.6 is 0 Å². The summed E-state index contributed by atoms with van der Waals surface area (Å²) >= 11 is 0. The second-order valence-corrected chi connectivity index (χ2v) is 5.83. The van der Waals surface area contributed by atoms with E-state index >= 15 is 0 Å². The summed E-state index contributed by atoms with van der Waals surface area (Å²) in [5.74, 6) is -0.554. The molecular weight excluding hydrogens is 332 g/mol. The van der Waals surface area contributed by atoms with Crippen molar-refractivity contribution in [3.63, 3.8) is 0 Å². The number of benzene rings is 2. The van der Waals surface area contributed by atoms with Gasteiger partial charge in [-0.2, -0.15) is 0 Å². The molecule has 128 valence electrons. The van der Waals surface area contributed by atoms with Crippen molar-refractivity contribution in [1.29, 1.82) is 0 Å². The molecule has 0 aliphatic rings. The number of H-pyrrole nitrogens is 1. The van der Waals surface area contributed by atoms with Crippen LogP contribution in [0.2, 0.25) is 0 Å². The van der Waals surface area contributed by atoms with Gasteiger partial charge in [0.2, 0.25) is 0 Å². The van der Waals surface area contributed by atoms with Gasteiger partial charge in [0.05, 0.1) is 11.3 Å². The molecule has 4 rings (SSSR count). The Bertz CT molecular complexity index is 1240. The largest absolute Gasteiger partial charge is 0.504 e. The first-order valence-corrected chi connectivity index (χ1v) is 7.92. The van der Waals surface area contributed by atoms with Crippen LogP contribution in [0.25, 0.3) is 28.0 Å². The van der Waals surface area contributed by atoms with Crippen molar-refractivity contribution in [1.82, 2.24) is 9.38 Å². The minimum absolute atomic E-state index is 0.255. The van der Waals surface area contributed by atoms with Gasteiger partial charge < -0.3 is 15.2 Å². The maximum absolute atomic E-state index is 13.1. The molecule has 0 aliphatic heterocycles. The first-order valence-electron chi connectivity index (χ1n) is 7.92. The molecule has 4 aromatic rings. The zero-order valence-electron chi connectivity index (χ0n) is 13.5. The molecule has 6 nitrogen and oxygen atoms in total. The lowest BCUT2D eigenvalue weighted by molar-refractivity contribution is 0.404. The van der Waals surface area contributed by atoms with E-state index in [9.17, 15) is 19.8 Å². The predicted octanol–water partition coefficient (Wildman–Crippen LogP) is 2.73. The first kappa shape index (κ1) is 15.7. The molecular formula is C20H14N2O4. The van der Waals surface area contributed by atoms with Crippen molar-refractivity contribution in [3.8, 4) is 33.9 Å². The molecule has 0 unspecified atom stereocenters. The normalized spacial score (nSPS) is 10.9. The Morgan fingerprint density at radius 1 is 0.769 bits per heavy atom. The van der Waals surface area contributed by atoms with Crippen LogP contribution in [0.4, 0.5) is 0 Å². The number of rotatable bonds is 2. The first-order chi connectivity index (χ1) is 12.6. The van der Waals surface area contributed by atoms with E-state index in [-0.39, 0.29) is 11.5 Å². The zero-order valence-corrected chi connectivity index (χ0v) is 13.5. The quantitative estimate of drug-likeness (QED) is 0.486. The third-order valence-electron chi connectivity index (χ3n) is 4.20. The lowest BCUT2D eigenvalue weighted by Crippen LogP contribution is -2.28. The molecule has 0 fully saturated rings. The third-order valence-corrected chi connectivity index (χ3v) is 4.20. The van der Waals surface area contributed by atoms with Crippen molar-refractivity contribution >= 4 is 5.65 Å². The highest BCUT2D eigenvalue weighted by molar-refractivity contribution is 5.82. The van der Waals surface area contributed by atoms with Gasteiger partial charge in [-0.1, -0.05) is 36.4 Å². The highest BCUT2D eigenvalue weighted by Crippen LogP contribution is 2.33. The van der Waals surface area contributed by atoms with Gasteiger partial charge in [-0.3, -0.25) is 9.59 Å². The maximum atomic E-state index is 13.1. The Balaban J connectivity index is 2.16. The third kappa shape index (κ3) is 2.44. The van der Waals surface area contributed by atoms with Crippen molar-refractivity contribution in [3.05, 3.63) is 87.4 Å². The topological polar surface area (TPSA) is 94.8 Å². The standard InChI is InChI=1S/C20H14N2O4/c23-14-10-9-13(11-15(14)24)19-18(12-5-2-1-3-6-12)20(26)22-16(21-19)7-4-8-17(22)25/h1-11,21,23-24H. The summed E-state index contributed by atoms with van der Waals surface area (Å²) < 4.78 is 1.08. The fraction of sp³-hybridized carbons (Fsp3) is 0. The Labute approximate surface area is 147 Å². The van der Waals surface area contributed by atoms with Crippen LogP contribution < -0.4 is 11.1 Å². The van der Waals surface area contributed by atoms with Crippen molar-refractivity contribution in [2.24, 2.45) is 0 Å². The molecule has 2 aromatic carbocycles. The van der Waals surface area contributed by atoms with Gasteiger partial charge in [0.15, 0.2) is 11.5 Å². The number of aromatic hydroxyl groups is 2. The highest BCUT2D eigenvalue weighted by Gasteiger charge is 2.17. The summed E-state index contributed by atoms with van der Waals surface area (Å²) in [6.07, 6.45) is 0. The Hall–Kier alpha value is -3.80. The van der Waals surface area contributed by atoms with Crippen molar-refractivity contribution in [2.75, 3.05) is 0 Å². The lowest BCUT2D eigenvalue weighted by atomic mass is 10.00. The summed E-state index contributed by atoms with van der Waals surface area (Å²) in [5.41, 5.74) is 1.34. The van der Waals surface area contributed by atoms with E-state index in [2.05, 4.69) is 4.98 Å². The molecule has 0 aliphatic carbocycles. The van der Waals surface area contributed by atoms with Crippen LogP contribution in [0, 0.1) is 0 Å². The van der Waals surface area contributed by atoms with E-state index in [1.54, 1.807) is 42.5 Å². The van der Waals surface area contributed by atoms with Crippen LogP contribution in [0.5, 0.6) is 11.5 Å². The molecule has 3 N–H and O–H groups in total. The zero-order chi connectivity index (χ0) is 18.3. The number of pyridine rings is 1. The molecule has 0 radical (unpaired) electrons. The number of nitrogens with zero attached hydrogens (tertiary/aromatic N) is 1. The summed E-state index contributed by atoms with van der Waals surface area (Å²) in [4.78, 5) is 28.4. The monoisotopic (exact) mass is 346 g/mol. The van der Waals surface area contributed by atoms with E-state index in [0.717, 1.165) is 4.40 Å². The number of hydrogen-bond donors (Lipinski definition) is 3. The molecule has 6 heteroatoms. The molecule has 0 bridgehead atoms. The number of nitrogens with one attached hydrogen (secondary N) is 1. The molecule has 0 saturated heterocycles. The minimum atomic E-state index is -0.460. The van der Waals surface area contributed by atoms with Crippen LogP contribution in [-0.4, -0.2) is 19.6 Å². The smallest absolute Gasteiger partial charge is 0.269 e. The molecule has 0 amide bonds. The number of fused-ring (bicyclic) bond motifs is 1. The molecule has 2 heterocycles. The van der Waals surface area contributed by atoms with Gasteiger partial charge in [0, 0.05) is 11.6 Å². The fourth-order valence-corrected chi connectivity index (χ4v) is 2.97. The Morgan fingerprint density at radius 2 is 1.54 bits per heavy atom. The Morgan fingerprint density at radius 3 is 2.27 bits per heavy atom. The molecule has 0 spiro atoms. The van der Waals surface area contributed by atoms with Gasteiger partial charge in [0.1, 0.15) is 5.65 Å². The molecule has 0 saturated carbocycles. The number of phenolic OH excluding ortho intramolecular Hbond substituents is 2. The van der Waals surface area contributed by atoms with Crippen molar-refractivity contribution in [2.45, 2.75) is 0 Å². The van der Waals surface area contributed by atoms with E-state index in [1.165, 1.54) is 18.2 Å². The van der Waals surface area contributed by atoms with Crippen LogP contribution in [0.3, 0.4) is 0 Å². The summed E-state index contributed by atoms with van der Waals surface area (Å²) in [6, 6.07) is 17.8. The van der Waals surface area contributed by atoms with Gasteiger partial charge >= 0.3 is 0 Å². The summed E-state index contributed by atoms with van der Waals surface area (Å²) in [6.45, 7) is 0. The second-order valence-electron chi connectivity index (χ2n) is 5.83. The van der Waals surface area contributed by atoms with Crippen molar-refractivity contribution < 1.29 is 10.2 Å². The van der Waals surface area contributed by atoms with E-state index in [1.807, 2.05) is 6.07 Å². The van der Waals surface area contributed by atoms with Gasteiger partial charge in [-0.15, -0.1) is 0 Å². The number of hydrogen-bond acceptors (Lipinski definition) is 4. The van der Waals surface area contributed by atoms with Crippen LogP contribution in [0.15, 0.2) is 76.3 Å². The highest BCUT2D eigenvalue weighted by atomic mass is 16.3. The van der Waals surface area contributed by atoms with Gasteiger partial charge in [-0.05, 0) is 29.8 Å². The number of aromatic nitrogens is 2. The van der Waals surface area contributed by atoms with E-state index < -0.39 is 11.1 Å². The second kappa shape index (κ2) is 5.93. The minimum Gasteiger partial charge on any atom is -0.504 e. The molecule has 2 aromatic heterocycles. The molecule has 0 atom stereocenters. The number of aromatic amines is 1. The van der Waals surface area contributed by atoms with Crippen LogP contribution in [0.1, 0.15) is 0 Å². The SMILES string of the molecule is O=c1cccc2[nH]c(-c3ccc(O)c(O)c3)c(-c3ccccc3)c(=O)n12. The lowest BCUT2D eigenvalue weighted by Gasteiger charge is -2.13. The predicted molar refractivity (Wildman–Crippen MR) is 98.5 cm³/mol. The van der Waals surface area contributed by atoms with Gasteiger partial charge in [0.25, 0.3) is 11.1 Å². The summed E-state index contributed by atoms with van der Waals surface area (Å²) in [7, 11) is 0. The van der Waals surface area contributed by atoms with E-state index in [4.69, 9.17) is 0 Å². The summed E-state index contributed by atoms with van der Waals surface area (Å²) in [5, 5.41) is 19.4. The molecule has 26 heavy (non-hydrogen) atoms. The van der Waals surface area contributed by atoms with E-state index in [0.29, 0.717) is 28.0 Å². The number of phenols is 2. The van der Waals surface area contributed by atoms with Gasteiger partial charge in [-0.25, -0.2) is 4.40 Å². The van der Waals surface area contributed by atoms with Crippen LogP contribution in [-0.2, 0) is 0 Å². The average Bonchev–Trinajstić information content (AvgIpc) is 2.64. The maximum Gasteiger partial charge on any atom is 0.269 e. The average molecular weight is 346 g/mol. The fourth-order valence-electron chi connectivity index (χ4n) is 2.97. The Kier molecular flexibility index (Phi) is 3.58.